The lowest BCUT2D eigenvalue weighted by atomic mass is 10.2. The minimum Gasteiger partial charge on any atom is -0.258 e. The van der Waals surface area contributed by atoms with Gasteiger partial charge in [0.25, 0.3) is 5.69 Å². The molecule has 0 saturated carbocycles. The summed E-state index contributed by atoms with van der Waals surface area (Å²) in [5.74, 6) is 0. The lowest BCUT2D eigenvalue weighted by Gasteiger charge is -1.92. The van der Waals surface area contributed by atoms with Crippen molar-refractivity contribution in [2.75, 3.05) is 0 Å². The average molecular weight is 218 g/mol. The Labute approximate surface area is 75.1 Å². The third kappa shape index (κ3) is 2.01. The minimum absolute atomic E-state index is 0.0412. The molecule has 3 nitrogen and oxygen atoms in total. The molecule has 0 unspecified atom stereocenters. The first-order valence-electron chi connectivity index (χ1n) is 3.85. The van der Waals surface area contributed by atoms with Gasteiger partial charge in [-0.05, 0) is 5.56 Å². The van der Waals surface area contributed by atoms with Crippen molar-refractivity contribution in [3.8, 4) is 0 Å². The number of benzene rings is 1. The molecule has 0 aromatic heterocycles. The summed E-state index contributed by atoms with van der Waals surface area (Å²) in [5.41, 5.74) is 0.318. The highest BCUT2D eigenvalue weighted by molar-refractivity contribution is 9.08. The summed E-state index contributed by atoms with van der Waals surface area (Å²) in [4.78, 5) is 9.74. The van der Waals surface area contributed by atoms with Crippen LogP contribution in [-0.2, 0) is 5.28 Å². The van der Waals surface area contributed by atoms with Gasteiger partial charge in [-0.25, -0.2) is 0 Å². The van der Waals surface area contributed by atoms with Crippen LogP contribution < -0.4 is 0 Å². The average Bonchev–Trinajstić information content (AvgIpc) is 2.03. The number of hydrogen-bond acceptors (Lipinski definition) is 2. The van der Waals surface area contributed by atoms with Crippen molar-refractivity contribution in [2.24, 2.45) is 0 Å². The van der Waals surface area contributed by atoms with Gasteiger partial charge in [0.15, 0.2) is 0 Å². The Morgan fingerprint density at radius 1 is 1.55 bits per heavy atom. The second kappa shape index (κ2) is 3.48. The summed E-state index contributed by atoms with van der Waals surface area (Å²) in [6.07, 6.45) is 0. The van der Waals surface area contributed by atoms with Crippen molar-refractivity contribution < 1.29 is 7.66 Å². The monoisotopic (exact) mass is 217 g/mol. The van der Waals surface area contributed by atoms with Crippen LogP contribution in [0.1, 0.15) is 8.30 Å². The molecule has 0 amide bonds. The molecule has 0 aliphatic rings. The highest BCUT2D eigenvalue weighted by Gasteiger charge is 2.02. The zero-order valence-corrected chi connectivity index (χ0v) is 7.04. The topological polar surface area (TPSA) is 43.1 Å². The molecule has 1 aromatic carbocycles. The molecule has 11 heavy (non-hydrogen) atoms. The van der Waals surface area contributed by atoms with Gasteiger partial charge in [-0.15, -0.1) is 0 Å². The Balaban J connectivity index is 3.01. The molecule has 58 valence electrons. The van der Waals surface area contributed by atoms with Crippen molar-refractivity contribution in [3.63, 3.8) is 0 Å². The van der Waals surface area contributed by atoms with E-state index < -0.39 is 10.2 Å². The number of non-ortho nitro benzene ring substituents is 1. The van der Waals surface area contributed by atoms with Gasteiger partial charge in [0.2, 0.25) is 0 Å². The van der Waals surface area contributed by atoms with Gasteiger partial charge in [0.05, 0.1) is 4.92 Å². The predicted octanol–water partition coefficient (Wildman–Crippen LogP) is 2.49. The normalized spacial score (nSPS) is 13.5. The molecule has 0 heterocycles. The molecule has 0 spiro atoms. The quantitative estimate of drug-likeness (QED) is 0.434. The van der Waals surface area contributed by atoms with Crippen LogP contribution in [0.5, 0.6) is 0 Å². The van der Waals surface area contributed by atoms with E-state index in [0.29, 0.717) is 5.56 Å². The van der Waals surface area contributed by atoms with E-state index in [9.17, 15) is 10.1 Å². The van der Waals surface area contributed by atoms with Gasteiger partial charge in [-0.1, -0.05) is 28.1 Å². The minimum atomic E-state index is -1.64. The summed E-state index contributed by atoms with van der Waals surface area (Å²) in [5, 5.41) is 8.63. The molecule has 0 atom stereocenters. The maximum Gasteiger partial charge on any atom is 0.269 e. The molecule has 0 radical (unpaired) electrons. The zero-order chi connectivity index (χ0) is 10.1. The van der Waals surface area contributed by atoms with Gasteiger partial charge in [0.1, 0.15) is 0 Å². The van der Waals surface area contributed by atoms with Crippen LogP contribution in [0.15, 0.2) is 24.3 Å². The van der Waals surface area contributed by atoms with E-state index in [1.165, 1.54) is 24.3 Å². The van der Waals surface area contributed by atoms with E-state index in [1.807, 2.05) is 0 Å². The highest BCUT2D eigenvalue weighted by atomic mass is 79.9. The predicted molar refractivity (Wildman–Crippen MR) is 45.7 cm³/mol. The van der Waals surface area contributed by atoms with Crippen LogP contribution in [0.2, 0.25) is 0 Å². The fourth-order valence-corrected chi connectivity index (χ4v) is 0.910. The van der Waals surface area contributed by atoms with Crippen molar-refractivity contribution in [2.45, 2.75) is 5.28 Å². The smallest absolute Gasteiger partial charge is 0.258 e. The Morgan fingerprint density at radius 3 is 2.45 bits per heavy atom. The van der Waals surface area contributed by atoms with Crippen molar-refractivity contribution in [1.29, 1.82) is 0 Å². The van der Waals surface area contributed by atoms with E-state index in [4.69, 9.17) is 2.74 Å². The van der Waals surface area contributed by atoms with Crippen LogP contribution in [0.25, 0.3) is 0 Å². The Bertz CT molecular complexity index is 320. The van der Waals surface area contributed by atoms with E-state index in [0.717, 1.165) is 0 Å². The molecule has 0 bridgehead atoms. The fraction of sp³-hybridized carbons (Fsp3) is 0.143. The first kappa shape index (κ1) is 5.71. The first-order valence-corrected chi connectivity index (χ1v) is 3.64. The number of nitro groups is 1. The molecule has 0 saturated heterocycles. The van der Waals surface area contributed by atoms with Crippen LogP contribution in [-0.4, -0.2) is 4.92 Å². The number of halogens is 1. The molecule has 0 N–H and O–H groups in total. The number of rotatable bonds is 2. The summed E-state index contributed by atoms with van der Waals surface area (Å²) in [7, 11) is 0. The van der Waals surface area contributed by atoms with Gasteiger partial charge in [-0.2, -0.15) is 0 Å². The Kier molecular flexibility index (Phi) is 1.81. The Morgan fingerprint density at radius 2 is 2.09 bits per heavy atom. The van der Waals surface area contributed by atoms with Crippen molar-refractivity contribution >= 4 is 21.6 Å². The molecule has 1 aromatic rings. The van der Waals surface area contributed by atoms with Gasteiger partial charge in [-0.3, -0.25) is 10.1 Å². The second-order valence-corrected chi connectivity index (χ2v) is 2.29. The summed E-state index contributed by atoms with van der Waals surface area (Å²) < 4.78 is 14.5. The molecule has 0 aliphatic carbocycles. The van der Waals surface area contributed by atoms with E-state index in [1.54, 1.807) is 0 Å². The third-order valence-corrected chi connectivity index (χ3v) is 1.65. The maximum absolute atomic E-state index is 10.3. The summed E-state index contributed by atoms with van der Waals surface area (Å²) in [6, 6.07) is 5.31. The van der Waals surface area contributed by atoms with E-state index in [-0.39, 0.29) is 5.69 Å². The Hall–Kier alpha value is -0.900. The van der Waals surface area contributed by atoms with Crippen molar-refractivity contribution in [1.82, 2.24) is 0 Å². The largest absolute Gasteiger partial charge is 0.269 e. The van der Waals surface area contributed by atoms with E-state index in [2.05, 4.69) is 15.9 Å². The molecular formula is C7H6BrNO2. The maximum atomic E-state index is 10.3. The highest BCUT2D eigenvalue weighted by Crippen LogP contribution is 2.13. The molecule has 4 heteroatoms. The molecule has 1 rings (SSSR count). The van der Waals surface area contributed by atoms with Crippen LogP contribution in [0.3, 0.4) is 0 Å². The van der Waals surface area contributed by atoms with Crippen LogP contribution in [0, 0.1) is 10.1 Å². The molecule has 0 fully saturated rings. The lowest BCUT2D eigenvalue weighted by Crippen LogP contribution is -1.87. The van der Waals surface area contributed by atoms with Gasteiger partial charge >= 0.3 is 0 Å². The second-order valence-electron chi connectivity index (χ2n) is 1.90. The summed E-state index contributed by atoms with van der Waals surface area (Å²) in [6.45, 7) is 0. The van der Waals surface area contributed by atoms with Gasteiger partial charge in [0, 0.05) is 20.2 Å². The number of alkyl halides is 1. The standard InChI is InChI=1S/C7H6BrNO2/c8-5-6-1-3-7(4-2-6)9(10)11/h1-4H,5H2/i5D2. The third-order valence-electron chi connectivity index (χ3n) is 1.19. The SMILES string of the molecule is [2H]C([2H])(Br)c1ccc([N+](=O)[O-])cc1. The van der Waals surface area contributed by atoms with Crippen LogP contribution >= 0.6 is 15.9 Å². The fourth-order valence-electron chi connectivity index (χ4n) is 0.646. The van der Waals surface area contributed by atoms with Crippen LogP contribution in [0.4, 0.5) is 5.69 Å². The molecule has 0 aliphatic heterocycles. The lowest BCUT2D eigenvalue weighted by molar-refractivity contribution is -0.384. The summed E-state index contributed by atoms with van der Waals surface area (Å²) >= 11 is 2.81. The zero-order valence-electron chi connectivity index (χ0n) is 7.45. The number of hydrogen-bond donors (Lipinski definition) is 0. The van der Waals surface area contributed by atoms with Crippen molar-refractivity contribution in [3.05, 3.63) is 39.9 Å². The number of nitro benzene ring substituents is 1. The van der Waals surface area contributed by atoms with Gasteiger partial charge < -0.3 is 0 Å². The molecular weight excluding hydrogens is 210 g/mol. The first-order chi connectivity index (χ1) is 5.91. The number of nitrogens with zero attached hydrogens (tertiary/aromatic N) is 1. The van der Waals surface area contributed by atoms with E-state index >= 15 is 0 Å².